The first-order valence-electron chi connectivity index (χ1n) is 1.94. The molecular formula is C3H7NO. The molecule has 2 heteroatoms. The Kier molecular flexibility index (Phi) is 1.08. The normalized spacial score (nSPS) is 16.6. The molecule has 5 heavy (non-hydrogen) atoms. The predicted octanol–water partition coefficient (Wildman–Crippen LogP) is -0.468. The lowest BCUT2D eigenvalue weighted by Gasteiger charge is -1.80. The molecule has 0 bridgehead atoms. The monoisotopic (exact) mass is 74.1 g/mol. The van der Waals surface area contributed by atoms with E-state index in [0.717, 1.165) is 0 Å². The van der Waals surface area contributed by atoms with E-state index in [1.165, 1.54) is 0 Å². The van der Waals surface area contributed by atoms with Crippen molar-refractivity contribution in [3.8, 4) is 0 Å². The molecule has 0 aromatic rings. The minimum absolute atomic E-state index is 0.329. The SMILES string of the molecule is [2H]N[C@@H](C)C=O. The minimum atomic E-state index is -0.329. The van der Waals surface area contributed by atoms with Crippen LogP contribution in [0, 0.1) is 0 Å². The van der Waals surface area contributed by atoms with Gasteiger partial charge >= 0.3 is 0 Å². The highest BCUT2D eigenvalue weighted by Crippen LogP contribution is 1.55. The van der Waals surface area contributed by atoms with Crippen LogP contribution in [0.4, 0.5) is 0 Å². The van der Waals surface area contributed by atoms with Crippen LogP contribution in [0.1, 0.15) is 6.92 Å². The van der Waals surface area contributed by atoms with Crippen LogP contribution >= 0.6 is 0 Å². The summed E-state index contributed by atoms with van der Waals surface area (Å²) in [5, 5.41) is 0. The molecular weight excluding hydrogens is 66.0 g/mol. The molecule has 2 nitrogen and oxygen atoms in total. The van der Waals surface area contributed by atoms with Crippen molar-refractivity contribution < 1.29 is 6.21 Å². The van der Waals surface area contributed by atoms with Gasteiger partial charge in [0.1, 0.15) is 7.70 Å². The van der Waals surface area contributed by atoms with Crippen LogP contribution in [-0.4, -0.2) is 12.3 Å². The maximum Gasteiger partial charge on any atom is 0.136 e. The van der Waals surface area contributed by atoms with E-state index in [9.17, 15) is 4.79 Å². The topological polar surface area (TPSA) is 43.1 Å². The number of rotatable bonds is 2. The average Bonchev–Trinajstić information content (AvgIpc) is 1.65. The lowest BCUT2D eigenvalue weighted by molar-refractivity contribution is -0.108. The third-order valence-electron chi connectivity index (χ3n) is 0.204. The molecule has 0 spiro atoms. The van der Waals surface area contributed by atoms with Gasteiger partial charge in [-0.05, 0) is 6.92 Å². The van der Waals surface area contributed by atoms with Crippen LogP contribution in [0.15, 0.2) is 0 Å². The summed E-state index contributed by atoms with van der Waals surface area (Å²) in [6.07, 6.45) is 0.674. The van der Waals surface area contributed by atoms with Gasteiger partial charge in [0, 0.05) is 0 Å². The summed E-state index contributed by atoms with van der Waals surface area (Å²) in [6.45, 7) is 1.61. The Bertz CT molecular complexity index is 48.1. The first-order chi connectivity index (χ1) is 2.81. The van der Waals surface area contributed by atoms with E-state index >= 15 is 0 Å². The standard InChI is InChI=1S/C3H7NO/c1-3(4)2-5/h2-3H,4H2,1H3/t3-/m0/s1/i/hD. The van der Waals surface area contributed by atoms with Gasteiger partial charge in [0.15, 0.2) is 0 Å². The van der Waals surface area contributed by atoms with E-state index in [2.05, 4.69) is 0 Å². The fourth-order valence-corrected chi connectivity index (χ4v) is 0. The lowest BCUT2D eigenvalue weighted by Crippen LogP contribution is -2.15. The third kappa shape index (κ3) is 3.63. The third-order valence-corrected chi connectivity index (χ3v) is 0.204. The summed E-state index contributed by atoms with van der Waals surface area (Å²) in [5.74, 6) is 0. The van der Waals surface area contributed by atoms with E-state index in [1.54, 1.807) is 6.92 Å². The largest absolute Gasteiger partial charge is 0.322 e. The van der Waals surface area contributed by atoms with Crippen molar-refractivity contribution in [1.29, 1.82) is 0 Å². The van der Waals surface area contributed by atoms with Crippen LogP contribution in [0.2, 0.25) is 1.41 Å². The van der Waals surface area contributed by atoms with Crippen LogP contribution in [-0.2, 0) is 4.79 Å². The van der Waals surface area contributed by atoms with Gasteiger partial charge in [0.05, 0.1) is 6.04 Å². The number of carbonyl (C=O) groups excluding carboxylic acids is 1. The predicted molar refractivity (Wildman–Crippen MR) is 19.7 cm³/mol. The fourth-order valence-electron chi connectivity index (χ4n) is 0. The molecule has 0 fully saturated rings. The zero-order valence-corrected chi connectivity index (χ0v) is 3.06. The molecule has 0 aromatic carbocycles. The summed E-state index contributed by atoms with van der Waals surface area (Å²) in [4.78, 5) is 9.55. The van der Waals surface area contributed by atoms with Crippen molar-refractivity contribution in [2.24, 2.45) is 5.73 Å². The number of nitrogens with two attached hydrogens (primary N) is 1. The summed E-state index contributed by atoms with van der Waals surface area (Å²) < 4.78 is 6.33. The van der Waals surface area contributed by atoms with Gasteiger partial charge in [-0.15, -0.1) is 0 Å². The summed E-state index contributed by atoms with van der Waals surface area (Å²) in [5.41, 5.74) is 2.00. The Morgan fingerprint density at radius 1 is 2.40 bits per heavy atom. The molecule has 0 rings (SSSR count). The molecule has 0 radical (unpaired) electrons. The molecule has 1 atom stereocenters. The highest BCUT2D eigenvalue weighted by Gasteiger charge is 1.79. The molecule has 0 saturated carbocycles. The molecule has 0 heterocycles. The number of aldehydes is 1. The van der Waals surface area contributed by atoms with Gasteiger partial charge < -0.3 is 10.5 Å². The molecule has 0 amide bonds. The highest BCUT2D eigenvalue weighted by molar-refractivity contribution is 5.55. The maximum atomic E-state index is 9.55. The van der Waals surface area contributed by atoms with Gasteiger partial charge in [-0.2, -0.15) is 0 Å². The molecule has 0 aliphatic rings. The fraction of sp³-hybridized carbons (Fsp3) is 0.667. The van der Waals surface area contributed by atoms with Gasteiger partial charge in [-0.3, -0.25) is 0 Å². The number of carbonyl (C=O) groups is 1. The smallest absolute Gasteiger partial charge is 0.136 e. The lowest BCUT2D eigenvalue weighted by atomic mass is 10.4. The molecule has 2 N–H and O–H groups in total. The molecule has 0 unspecified atom stereocenters. The van der Waals surface area contributed by atoms with Crippen molar-refractivity contribution in [2.75, 3.05) is 0 Å². The highest BCUT2D eigenvalue weighted by atomic mass is 16.1. The number of hydrogen-bond donors (Lipinski definition) is 1. The van der Waals surface area contributed by atoms with Crippen molar-refractivity contribution in [2.45, 2.75) is 13.0 Å². The second kappa shape index (κ2) is 1.91. The first kappa shape index (κ1) is 2.85. The van der Waals surface area contributed by atoms with Crippen molar-refractivity contribution >= 4 is 6.29 Å². The van der Waals surface area contributed by atoms with Crippen molar-refractivity contribution in [3.05, 3.63) is 0 Å². The van der Waals surface area contributed by atoms with Crippen LogP contribution in [0.3, 0.4) is 0 Å². The molecule has 0 saturated heterocycles. The first-order valence-corrected chi connectivity index (χ1v) is 1.44. The summed E-state index contributed by atoms with van der Waals surface area (Å²) in [7, 11) is 0. The number of hydrogen-bond acceptors (Lipinski definition) is 2. The second-order valence-electron chi connectivity index (χ2n) is 0.925. The van der Waals surface area contributed by atoms with Gasteiger partial charge in [-0.25, -0.2) is 0 Å². The second-order valence-corrected chi connectivity index (χ2v) is 0.925. The van der Waals surface area contributed by atoms with E-state index in [0.29, 0.717) is 6.29 Å². The Labute approximate surface area is 32.4 Å². The maximum absolute atomic E-state index is 9.55. The van der Waals surface area contributed by atoms with E-state index < -0.39 is 0 Å². The van der Waals surface area contributed by atoms with Gasteiger partial charge in [0.2, 0.25) is 0 Å². The zero-order chi connectivity index (χ0) is 4.99. The summed E-state index contributed by atoms with van der Waals surface area (Å²) >= 11 is 0. The minimum Gasteiger partial charge on any atom is -0.322 e. The van der Waals surface area contributed by atoms with Crippen LogP contribution in [0.25, 0.3) is 0 Å². The Balaban J connectivity index is 2.96. The molecule has 30 valence electrons. The molecule has 0 aliphatic heterocycles. The van der Waals surface area contributed by atoms with E-state index in [-0.39, 0.29) is 6.04 Å². The zero-order valence-electron chi connectivity index (χ0n) is 4.06. The van der Waals surface area contributed by atoms with Crippen molar-refractivity contribution in [1.82, 2.24) is 0 Å². The van der Waals surface area contributed by atoms with E-state index in [1.807, 2.05) is 5.73 Å². The Hall–Kier alpha value is -0.370. The van der Waals surface area contributed by atoms with E-state index in [4.69, 9.17) is 1.41 Å². The average molecular weight is 74.1 g/mol. The van der Waals surface area contributed by atoms with Gasteiger partial charge in [-0.1, -0.05) is 0 Å². The molecule has 0 aliphatic carbocycles. The Morgan fingerprint density at radius 2 is 3.00 bits per heavy atom. The van der Waals surface area contributed by atoms with Crippen LogP contribution in [0.5, 0.6) is 0 Å². The van der Waals surface area contributed by atoms with Crippen molar-refractivity contribution in [3.63, 3.8) is 0 Å². The van der Waals surface area contributed by atoms with Crippen LogP contribution < -0.4 is 5.73 Å². The van der Waals surface area contributed by atoms with Gasteiger partial charge in [0.25, 0.3) is 0 Å². The quantitative estimate of drug-likeness (QED) is 0.450. The molecule has 0 aromatic heterocycles. The Morgan fingerprint density at radius 3 is 3.00 bits per heavy atom. The summed E-state index contributed by atoms with van der Waals surface area (Å²) in [6, 6.07) is -0.329.